The molecule has 0 saturated heterocycles. The molecule has 6 nitrogen and oxygen atoms in total. The molecule has 1 N–H and O–H groups in total. The molecule has 96 valence electrons. The van der Waals surface area contributed by atoms with E-state index >= 15 is 0 Å². The van der Waals surface area contributed by atoms with Crippen molar-refractivity contribution in [1.82, 2.24) is 25.3 Å². The summed E-state index contributed by atoms with van der Waals surface area (Å²) in [5.41, 5.74) is 1.62. The summed E-state index contributed by atoms with van der Waals surface area (Å²) >= 11 is 6.16. The summed E-state index contributed by atoms with van der Waals surface area (Å²) < 4.78 is 1.38. The molecule has 0 amide bonds. The second-order valence-corrected chi connectivity index (χ2v) is 4.54. The van der Waals surface area contributed by atoms with E-state index < -0.39 is 0 Å². The standard InChI is InChI=1S/C12H11ClN6/c1-8(9-4-2-3-5-10(9)13)14-11-6-7-12-15-17-18-19(12)16-11/h2-8H,1H3,(H,14,16)/t8-/m0/s1. The van der Waals surface area contributed by atoms with Gasteiger partial charge in [-0.05, 0) is 41.1 Å². The molecule has 1 atom stereocenters. The second kappa shape index (κ2) is 4.81. The molecule has 3 aromatic rings. The zero-order chi connectivity index (χ0) is 13.2. The summed E-state index contributed by atoms with van der Waals surface area (Å²) in [5.74, 6) is 0.687. The maximum Gasteiger partial charge on any atom is 0.200 e. The van der Waals surface area contributed by atoms with E-state index in [1.54, 1.807) is 6.07 Å². The number of aromatic nitrogens is 5. The lowest BCUT2D eigenvalue weighted by Gasteiger charge is -2.15. The van der Waals surface area contributed by atoms with Crippen molar-refractivity contribution in [2.75, 3.05) is 5.32 Å². The van der Waals surface area contributed by atoms with Gasteiger partial charge in [0.05, 0.1) is 6.04 Å². The lowest BCUT2D eigenvalue weighted by atomic mass is 10.1. The Morgan fingerprint density at radius 3 is 2.89 bits per heavy atom. The highest BCUT2D eigenvalue weighted by atomic mass is 35.5. The van der Waals surface area contributed by atoms with E-state index in [0.29, 0.717) is 11.5 Å². The fraction of sp³-hybridized carbons (Fsp3) is 0.167. The number of halogens is 1. The van der Waals surface area contributed by atoms with E-state index in [1.165, 1.54) is 4.63 Å². The third-order valence-electron chi connectivity index (χ3n) is 2.81. The van der Waals surface area contributed by atoms with Crippen molar-refractivity contribution in [2.24, 2.45) is 0 Å². The maximum absolute atomic E-state index is 6.16. The topological polar surface area (TPSA) is 68.0 Å². The van der Waals surface area contributed by atoms with Gasteiger partial charge in [0.1, 0.15) is 5.82 Å². The molecule has 0 saturated carbocycles. The molecule has 0 spiro atoms. The Hall–Kier alpha value is -2.21. The zero-order valence-corrected chi connectivity index (χ0v) is 10.9. The van der Waals surface area contributed by atoms with Crippen molar-refractivity contribution in [3.63, 3.8) is 0 Å². The van der Waals surface area contributed by atoms with Crippen molar-refractivity contribution in [1.29, 1.82) is 0 Å². The van der Waals surface area contributed by atoms with Crippen LogP contribution in [0.4, 0.5) is 5.82 Å². The summed E-state index contributed by atoms with van der Waals surface area (Å²) in [4.78, 5) is 0. The van der Waals surface area contributed by atoms with E-state index in [1.807, 2.05) is 37.3 Å². The highest BCUT2D eigenvalue weighted by Gasteiger charge is 2.10. The SMILES string of the molecule is C[C@H](Nc1ccc2nnnn2n1)c1ccccc1Cl. The normalized spacial score (nSPS) is 12.5. The first-order valence-electron chi connectivity index (χ1n) is 5.80. The Bertz CT molecular complexity index is 710. The van der Waals surface area contributed by atoms with Crippen LogP contribution in [0.1, 0.15) is 18.5 Å². The van der Waals surface area contributed by atoms with Crippen molar-refractivity contribution in [3.05, 3.63) is 47.0 Å². The highest BCUT2D eigenvalue weighted by Crippen LogP contribution is 2.24. The first-order chi connectivity index (χ1) is 9.24. The number of fused-ring (bicyclic) bond motifs is 1. The van der Waals surface area contributed by atoms with Gasteiger partial charge in [0.25, 0.3) is 0 Å². The smallest absolute Gasteiger partial charge is 0.200 e. The number of nitrogens with zero attached hydrogens (tertiary/aromatic N) is 5. The number of tetrazole rings is 1. The van der Waals surface area contributed by atoms with Gasteiger partial charge < -0.3 is 5.32 Å². The van der Waals surface area contributed by atoms with Gasteiger partial charge in [-0.2, -0.15) is 0 Å². The molecule has 1 aromatic carbocycles. The quantitative estimate of drug-likeness (QED) is 0.794. The molecule has 0 aliphatic carbocycles. The Labute approximate surface area is 114 Å². The number of rotatable bonds is 3. The van der Waals surface area contributed by atoms with Crippen LogP contribution in [0, 0.1) is 0 Å². The van der Waals surface area contributed by atoms with Crippen LogP contribution in [0.3, 0.4) is 0 Å². The molecule has 0 fully saturated rings. The minimum atomic E-state index is 0.0372. The summed E-state index contributed by atoms with van der Waals surface area (Å²) in [7, 11) is 0. The Balaban J connectivity index is 1.86. The van der Waals surface area contributed by atoms with Crippen LogP contribution in [0.15, 0.2) is 36.4 Å². The molecule has 0 aliphatic heterocycles. The molecule has 2 heterocycles. The van der Waals surface area contributed by atoms with Crippen molar-refractivity contribution in [3.8, 4) is 0 Å². The van der Waals surface area contributed by atoms with Crippen LogP contribution in [-0.2, 0) is 0 Å². The molecule has 19 heavy (non-hydrogen) atoms. The Morgan fingerprint density at radius 2 is 2.05 bits per heavy atom. The average Bonchev–Trinajstić information content (AvgIpc) is 2.86. The van der Waals surface area contributed by atoms with Crippen molar-refractivity contribution >= 4 is 23.1 Å². The van der Waals surface area contributed by atoms with Gasteiger partial charge in [0, 0.05) is 5.02 Å². The van der Waals surface area contributed by atoms with Crippen LogP contribution >= 0.6 is 11.6 Å². The maximum atomic E-state index is 6.16. The minimum absolute atomic E-state index is 0.0372. The first kappa shape index (κ1) is 11.9. The fourth-order valence-electron chi connectivity index (χ4n) is 1.85. The van der Waals surface area contributed by atoms with Crippen LogP contribution in [0.2, 0.25) is 5.02 Å². The monoisotopic (exact) mass is 274 g/mol. The number of hydrogen-bond acceptors (Lipinski definition) is 5. The molecule has 0 bridgehead atoms. The fourth-order valence-corrected chi connectivity index (χ4v) is 2.15. The molecule has 2 aromatic heterocycles. The summed E-state index contributed by atoms with van der Waals surface area (Å²) in [6.07, 6.45) is 0. The summed E-state index contributed by atoms with van der Waals surface area (Å²) in [6.45, 7) is 2.02. The predicted molar refractivity (Wildman–Crippen MR) is 72.1 cm³/mol. The number of hydrogen-bond donors (Lipinski definition) is 1. The van der Waals surface area contributed by atoms with Crippen molar-refractivity contribution in [2.45, 2.75) is 13.0 Å². The van der Waals surface area contributed by atoms with Gasteiger partial charge in [-0.3, -0.25) is 0 Å². The van der Waals surface area contributed by atoms with Crippen LogP contribution in [-0.4, -0.2) is 25.3 Å². The zero-order valence-electron chi connectivity index (χ0n) is 10.2. The lowest BCUT2D eigenvalue weighted by molar-refractivity contribution is 0.728. The Kier molecular flexibility index (Phi) is 3.00. The molecular weight excluding hydrogens is 264 g/mol. The third kappa shape index (κ3) is 2.34. The second-order valence-electron chi connectivity index (χ2n) is 4.13. The average molecular weight is 275 g/mol. The van der Waals surface area contributed by atoms with E-state index in [0.717, 1.165) is 10.6 Å². The summed E-state index contributed by atoms with van der Waals surface area (Å²) in [6, 6.07) is 11.4. The number of benzene rings is 1. The molecule has 0 aliphatic rings. The largest absolute Gasteiger partial charge is 0.362 e. The molecule has 7 heteroatoms. The van der Waals surface area contributed by atoms with Crippen LogP contribution in [0.25, 0.3) is 5.65 Å². The number of nitrogens with one attached hydrogen (secondary N) is 1. The van der Waals surface area contributed by atoms with Gasteiger partial charge in [-0.25, -0.2) is 0 Å². The van der Waals surface area contributed by atoms with E-state index in [2.05, 4.69) is 25.9 Å². The lowest BCUT2D eigenvalue weighted by Crippen LogP contribution is -2.10. The minimum Gasteiger partial charge on any atom is -0.362 e. The van der Waals surface area contributed by atoms with Crippen molar-refractivity contribution < 1.29 is 0 Å². The molecular formula is C12H11ClN6. The number of anilines is 1. The van der Waals surface area contributed by atoms with Gasteiger partial charge >= 0.3 is 0 Å². The first-order valence-corrected chi connectivity index (χ1v) is 6.18. The van der Waals surface area contributed by atoms with Gasteiger partial charge in [0.15, 0.2) is 5.65 Å². The van der Waals surface area contributed by atoms with Gasteiger partial charge in [-0.1, -0.05) is 29.8 Å². The summed E-state index contributed by atoms with van der Waals surface area (Å²) in [5, 5.41) is 19.4. The van der Waals surface area contributed by atoms with E-state index in [-0.39, 0.29) is 6.04 Å². The van der Waals surface area contributed by atoms with Crippen LogP contribution < -0.4 is 5.32 Å². The molecule has 0 unspecified atom stereocenters. The van der Waals surface area contributed by atoms with E-state index in [9.17, 15) is 0 Å². The Morgan fingerprint density at radius 1 is 1.21 bits per heavy atom. The van der Waals surface area contributed by atoms with Gasteiger partial charge in [-0.15, -0.1) is 14.8 Å². The molecule has 3 rings (SSSR count). The van der Waals surface area contributed by atoms with E-state index in [4.69, 9.17) is 11.6 Å². The highest BCUT2D eigenvalue weighted by molar-refractivity contribution is 6.31. The third-order valence-corrected chi connectivity index (χ3v) is 3.15. The van der Waals surface area contributed by atoms with Crippen LogP contribution in [0.5, 0.6) is 0 Å². The molecule has 0 radical (unpaired) electrons. The van der Waals surface area contributed by atoms with Gasteiger partial charge in [0.2, 0.25) is 0 Å². The predicted octanol–water partition coefficient (Wildman–Crippen LogP) is 2.35.